The Morgan fingerprint density at radius 2 is 1.81 bits per heavy atom. The summed E-state index contributed by atoms with van der Waals surface area (Å²) in [6, 6.07) is 11.5. The molecule has 0 atom stereocenters. The summed E-state index contributed by atoms with van der Waals surface area (Å²) in [6.45, 7) is 0. The number of para-hydroxylation sites is 1. The third kappa shape index (κ3) is 1.57. The SMILES string of the molecule is O=c1cc2c(cn1-c1ccccc1)CSC2. The standard InChI is InChI=1S/C13H11NOS/c15-13-6-10-8-16-9-11(10)7-14(13)12-4-2-1-3-5-12/h1-7H,8-9H2. The molecule has 0 aliphatic carbocycles. The van der Waals surface area contributed by atoms with Gasteiger partial charge in [0.05, 0.1) is 0 Å². The molecule has 2 heterocycles. The molecule has 2 aromatic rings. The number of benzene rings is 1. The van der Waals surface area contributed by atoms with Crippen LogP contribution in [0.3, 0.4) is 0 Å². The monoisotopic (exact) mass is 229 g/mol. The Bertz CT molecular complexity index is 574. The summed E-state index contributed by atoms with van der Waals surface area (Å²) in [4.78, 5) is 11.9. The molecular weight excluding hydrogens is 218 g/mol. The quantitative estimate of drug-likeness (QED) is 0.749. The van der Waals surface area contributed by atoms with Gasteiger partial charge in [-0.15, -0.1) is 0 Å². The first-order valence-electron chi connectivity index (χ1n) is 5.22. The summed E-state index contributed by atoms with van der Waals surface area (Å²) in [5.41, 5.74) is 3.48. The van der Waals surface area contributed by atoms with Crippen LogP contribution in [0.25, 0.3) is 5.69 Å². The second kappa shape index (κ2) is 3.83. The van der Waals surface area contributed by atoms with E-state index in [4.69, 9.17) is 0 Å². The van der Waals surface area contributed by atoms with Crippen molar-refractivity contribution in [1.82, 2.24) is 4.57 Å². The van der Waals surface area contributed by atoms with Crippen molar-refractivity contribution in [3.05, 3.63) is 64.1 Å². The Balaban J connectivity index is 2.19. The molecule has 16 heavy (non-hydrogen) atoms. The van der Waals surface area contributed by atoms with Crippen LogP contribution in [0.15, 0.2) is 47.4 Å². The van der Waals surface area contributed by atoms with Crippen molar-refractivity contribution in [3.63, 3.8) is 0 Å². The molecule has 0 spiro atoms. The normalized spacial score (nSPS) is 13.8. The fourth-order valence-corrected chi connectivity index (χ4v) is 3.01. The average molecular weight is 229 g/mol. The molecule has 0 N–H and O–H groups in total. The molecule has 1 aliphatic rings. The van der Waals surface area contributed by atoms with Gasteiger partial charge in [0.15, 0.2) is 0 Å². The van der Waals surface area contributed by atoms with Crippen LogP contribution in [0.2, 0.25) is 0 Å². The Labute approximate surface area is 97.9 Å². The highest BCUT2D eigenvalue weighted by atomic mass is 32.2. The highest BCUT2D eigenvalue weighted by molar-refractivity contribution is 7.98. The summed E-state index contributed by atoms with van der Waals surface area (Å²) < 4.78 is 1.73. The summed E-state index contributed by atoms with van der Waals surface area (Å²) in [7, 11) is 0. The van der Waals surface area contributed by atoms with Crippen molar-refractivity contribution in [1.29, 1.82) is 0 Å². The van der Waals surface area contributed by atoms with Crippen LogP contribution in [-0.2, 0) is 11.5 Å². The molecule has 0 saturated heterocycles. The largest absolute Gasteiger partial charge is 0.284 e. The Kier molecular flexibility index (Phi) is 2.33. The van der Waals surface area contributed by atoms with E-state index in [1.54, 1.807) is 10.6 Å². The van der Waals surface area contributed by atoms with Crippen molar-refractivity contribution in [3.8, 4) is 5.69 Å². The van der Waals surface area contributed by atoms with Crippen molar-refractivity contribution < 1.29 is 0 Å². The molecule has 80 valence electrons. The lowest BCUT2D eigenvalue weighted by molar-refractivity contribution is 0.966. The minimum absolute atomic E-state index is 0.0625. The number of fused-ring (bicyclic) bond motifs is 1. The Morgan fingerprint density at radius 3 is 2.62 bits per heavy atom. The molecular formula is C13H11NOS. The minimum Gasteiger partial charge on any atom is -0.284 e. The van der Waals surface area contributed by atoms with E-state index in [9.17, 15) is 4.79 Å². The predicted molar refractivity (Wildman–Crippen MR) is 67.0 cm³/mol. The summed E-state index contributed by atoms with van der Waals surface area (Å²) in [5.74, 6) is 1.99. The van der Waals surface area contributed by atoms with Gasteiger partial charge in [0.25, 0.3) is 5.56 Å². The van der Waals surface area contributed by atoms with E-state index in [-0.39, 0.29) is 5.56 Å². The van der Waals surface area contributed by atoms with Gasteiger partial charge in [0.2, 0.25) is 0 Å². The van der Waals surface area contributed by atoms with Crippen molar-refractivity contribution in [2.45, 2.75) is 11.5 Å². The van der Waals surface area contributed by atoms with Gasteiger partial charge in [-0.1, -0.05) is 18.2 Å². The smallest absolute Gasteiger partial charge is 0.255 e. The number of pyridine rings is 1. The molecule has 3 heteroatoms. The predicted octanol–water partition coefficient (Wildman–Crippen LogP) is 2.58. The van der Waals surface area contributed by atoms with Crippen LogP contribution in [0.4, 0.5) is 0 Å². The zero-order valence-electron chi connectivity index (χ0n) is 8.72. The van der Waals surface area contributed by atoms with Crippen LogP contribution < -0.4 is 5.56 Å². The molecule has 1 aliphatic heterocycles. The van der Waals surface area contributed by atoms with Gasteiger partial charge in [-0.3, -0.25) is 9.36 Å². The Morgan fingerprint density at radius 1 is 1.06 bits per heavy atom. The molecule has 0 radical (unpaired) electrons. The van der Waals surface area contributed by atoms with Gasteiger partial charge in [0, 0.05) is 29.5 Å². The van der Waals surface area contributed by atoms with Gasteiger partial charge >= 0.3 is 0 Å². The van der Waals surface area contributed by atoms with Crippen LogP contribution in [0, 0.1) is 0 Å². The molecule has 3 rings (SSSR count). The second-order valence-electron chi connectivity index (χ2n) is 3.86. The van der Waals surface area contributed by atoms with E-state index in [0.29, 0.717) is 0 Å². The van der Waals surface area contributed by atoms with E-state index in [0.717, 1.165) is 17.2 Å². The second-order valence-corrected chi connectivity index (χ2v) is 4.85. The van der Waals surface area contributed by atoms with Crippen LogP contribution in [0.5, 0.6) is 0 Å². The molecule has 0 amide bonds. The van der Waals surface area contributed by atoms with Gasteiger partial charge < -0.3 is 0 Å². The van der Waals surface area contributed by atoms with Crippen LogP contribution >= 0.6 is 11.8 Å². The summed E-state index contributed by atoms with van der Waals surface area (Å²) >= 11 is 1.86. The van der Waals surface area contributed by atoms with Crippen LogP contribution in [-0.4, -0.2) is 4.57 Å². The minimum atomic E-state index is 0.0625. The maximum atomic E-state index is 11.9. The van der Waals surface area contributed by atoms with E-state index < -0.39 is 0 Å². The van der Waals surface area contributed by atoms with Crippen molar-refractivity contribution >= 4 is 11.8 Å². The number of thioether (sulfide) groups is 1. The Hall–Kier alpha value is -1.48. The van der Waals surface area contributed by atoms with Crippen molar-refractivity contribution in [2.75, 3.05) is 0 Å². The lowest BCUT2D eigenvalue weighted by Gasteiger charge is -2.07. The third-order valence-corrected chi connectivity index (χ3v) is 3.81. The third-order valence-electron chi connectivity index (χ3n) is 2.78. The number of aromatic nitrogens is 1. The zero-order chi connectivity index (χ0) is 11.0. The molecule has 0 saturated carbocycles. The van der Waals surface area contributed by atoms with Gasteiger partial charge in [0.1, 0.15) is 0 Å². The number of hydrogen-bond acceptors (Lipinski definition) is 2. The molecule has 1 aromatic carbocycles. The number of nitrogens with zero attached hydrogens (tertiary/aromatic N) is 1. The fourth-order valence-electron chi connectivity index (χ4n) is 1.94. The van der Waals surface area contributed by atoms with E-state index in [1.807, 2.05) is 48.3 Å². The van der Waals surface area contributed by atoms with Crippen molar-refractivity contribution in [2.24, 2.45) is 0 Å². The lowest BCUT2D eigenvalue weighted by atomic mass is 10.2. The first-order chi connectivity index (χ1) is 7.84. The number of hydrogen-bond donors (Lipinski definition) is 0. The molecule has 0 fully saturated rings. The molecule has 2 nitrogen and oxygen atoms in total. The molecule has 0 unspecified atom stereocenters. The van der Waals surface area contributed by atoms with E-state index in [2.05, 4.69) is 0 Å². The van der Waals surface area contributed by atoms with Gasteiger partial charge in [-0.25, -0.2) is 0 Å². The van der Waals surface area contributed by atoms with Crippen LogP contribution in [0.1, 0.15) is 11.1 Å². The first kappa shape index (κ1) is 9.73. The maximum absolute atomic E-state index is 11.9. The molecule has 1 aromatic heterocycles. The van der Waals surface area contributed by atoms with E-state index in [1.165, 1.54) is 11.1 Å². The zero-order valence-corrected chi connectivity index (χ0v) is 9.54. The first-order valence-corrected chi connectivity index (χ1v) is 6.38. The topological polar surface area (TPSA) is 22.0 Å². The lowest BCUT2D eigenvalue weighted by Crippen LogP contribution is -2.17. The van der Waals surface area contributed by atoms with Gasteiger partial charge in [-0.05, 0) is 23.3 Å². The van der Waals surface area contributed by atoms with E-state index >= 15 is 0 Å². The summed E-state index contributed by atoms with van der Waals surface area (Å²) in [5, 5.41) is 0. The van der Waals surface area contributed by atoms with Gasteiger partial charge in [-0.2, -0.15) is 11.8 Å². The maximum Gasteiger partial charge on any atom is 0.255 e. The fraction of sp³-hybridized carbons (Fsp3) is 0.154. The highest BCUT2D eigenvalue weighted by Crippen LogP contribution is 2.28. The summed E-state index contributed by atoms with van der Waals surface area (Å²) in [6.07, 6.45) is 1.98. The number of rotatable bonds is 1. The average Bonchev–Trinajstić information content (AvgIpc) is 2.76. The highest BCUT2D eigenvalue weighted by Gasteiger charge is 2.13. The molecule has 0 bridgehead atoms.